The monoisotopic (exact) mass is 192 g/mol. The van der Waals surface area contributed by atoms with E-state index in [-0.39, 0.29) is 0 Å². The smallest absolute Gasteiger partial charge is 0.0605 e. The van der Waals surface area contributed by atoms with Crippen LogP contribution < -0.4 is 0 Å². The highest BCUT2D eigenvalue weighted by molar-refractivity contribution is 5.11. The van der Waals surface area contributed by atoms with Gasteiger partial charge >= 0.3 is 0 Å². The Kier molecular flexibility index (Phi) is 1.49. The molecule has 4 aliphatic rings. The van der Waals surface area contributed by atoms with E-state index in [2.05, 4.69) is 0 Å². The number of hydrogen-bond donors (Lipinski definition) is 0. The van der Waals surface area contributed by atoms with Crippen molar-refractivity contribution in [3.63, 3.8) is 0 Å². The fourth-order valence-corrected chi connectivity index (χ4v) is 5.78. The van der Waals surface area contributed by atoms with Crippen LogP contribution in [0.3, 0.4) is 0 Å². The van der Waals surface area contributed by atoms with Crippen LogP contribution in [-0.2, 0) is 4.74 Å². The molecule has 4 rings (SSSR count). The molecule has 4 bridgehead atoms. The van der Waals surface area contributed by atoms with Crippen LogP contribution in [0.5, 0.6) is 0 Å². The summed E-state index contributed by atoms with van der Waals surface area (Å²) in [6.07, 6.45) is 8.24. The third-order valence-electron chi connectivity index (χ3n) is 5.98. The van der Waals surface area contributed by atoms with Crippen molar-refractivity contribution in [3.8, 4) is 0 Å². The number of hydrogen-bond acceptors (Lipinski definition) is 1. The lowest BCUT2D eigenvalue weighted by Crippen LogP contribution is -2.35. The Morgan fingerprint density at radius 3 is 2.43 bits per heavy atom. The highest BCUT2D eigenvalue weighted by Gasteiger charge is 2.62. The maximum Gasteiger partial charge on any atom is 0.0605 e. The predicted octanol–water partition coefficient (Wildman–Crippen LogP) is 2.70. The highest BCUT2D eigenvalue weighted by atomic mass is 16.5. The molecule has 0 saturated heterocycles. The van der Waals surface area contributed by atoms with E-state index >= 15 is 0 Å². The summed E-state index contributed by atoms with van der Waals surface area (Å²) in [4.78, 5) is 0. The van der Waals surface area contributed by atoms with Gasteiger partial charge in [-0.1, -0.05) is 0 Å². The first-order valence-corrected chi connectivity index (χ1v) is 6.41. The van der Waals surface area contributed by atoms with Crippen molar-refractivity contribution >= 4 is 0 Å². The van der Waals surface area contributed by atoms with Gasteiger partial charge in [-0.15, -0.1) is 0 Å². The summed E-state index contributed by atoms with van der Waals surface area (Å²) in [6, 6.07) is 0. The maximum atomic E-state index is 5.66. The van der Waals surface area contributed by atoms with E-state index in [1.165, 1.54) is 12.8 Å². The van der Waals surface area contributed by atoms with Crippen LogP contribution >= 0.6 is 0 Å². The molecule has 0 aromatic carbocycles. The molecule has 7 atom stereocenters. The molecule has 4 fully saturated rings. The molecule has 0 aromatic rings. The molecule has 0 heterocycles. The lowest BCUT2D eigenvalue weighted by molar-refractivity contribution is -0.00191. The Morgan fingerprint density at radius 2 is 1.64 bits per heavy atom. The third-order valence-corrected chi connectivity index (χ3v) is 5.98. The molecule has 78 valence electrons. The SMILES string of the molecule is COC1CC2CC1C1C3CCC(C3)C21. The van der Waals surface area contributed by atoms with Crippen LogP contribution in [0.1, 0.15) is 32.1 Å². The summed E-state index contributed by atoms with van der Waals surface area (Å²) in [5.74, 6) is 6.51. The second-order valence-corrected chi connectivity index (χ2v) is 6.16. The molecule has 0 aliphatic heterocycles. The Labute approximate surface area is 86.2 Å². The Morgan fingerprint density at radius 1 is 0.857 bits per heavy atom. The summed E-state index contributed by atoms with van der Waals surface area (Å²) in [5, 5.41) is 0. The molecule has 0 N–H and O–H groups in total. The van der Waals surface area contributed by atoms with Gasteiger partial charge in [0.2, 0.25) is 0 Å². The predicted molar refractivity (Wildman–Crippen MR) is 54.8 cm³/mol. The van der Waals surface area contributed by atoms with Crippen LogP contribution in [0, 0.1) is 35.5 Å². The van der Waals surface area contributed by atoms with Crippen molar-refractivity contribution in [1.82, 2.24) is 0 Å². The topological polar surface area (TPSA) is 9.23 Å². The standard InChI is InChI=1S/C13H20O/c1-14-11-6-9-5-10(11)13-8-3-2-7(4-8)12(9)13/h7-13H,2-6H2,1H3. The fourth-order valence-electron chi connectivity index (χ4n) is 5.78. The Balaban J connectivity index is 1.68. The Bertz CT molecular complexity index is 262. The average molecular weight is 192 g/mol. The lowest BCUT2D eigenvalue weighted by atomic mass is 9.70. The molecular weight excluding hydrogens is 172 g/mol. The molecule has 0 aromatic heterocycles. The van der Waals surface area contributed by atoms with Gasteiger partial charge in [-0.3, -0.25) is 0 Å². The summed E-state index contributed by atoms with van der Waals surface area (Å²) in [7, 11) is 1.92. The Hall–Kier alpha value is -0.0400. The van der Waals surface area contributed by atoms with E-state index in [1.807, 2.05) is 7.11 Å². The zero-order chi connectivity index (χ0) is 9.28. The molecule has 0 radical (unpaired) electrons. The lowest BCUT2D eigenvalue weighted by Gasteiger charge is -2.38. The first kappa shape index (κ1) is 8.15. The van der Waals surface area contributed by atoms with Crippen molar-refractivity contribution in [2.75, 3.05) is 7.11 Å². The second kappa shape index (κ2) is 2.55. The van der Waals surface area contributed by atoms with Crippen molar-refractivity contribution in [3.05, 3.63) is 0 Å². The van der Waals surface area contributed by atoms with E-state index in [9.17, 15) is 0 Å². The minimum Gasteiger partial charge on any atom is -0.381 e. The third kappa shape index (κ3) is 0.778. The number of ether oxygens (including phenoxy) is 1. The number of fused-ring (bicyclic) bond motifs is 9. The number of methoxy groups -OCH3 is 1. The zero-order valence-electron chi connectivity index (χ0n) is 8.99. The van der Waals surface area contributed by atoms with Gasteiger partial charge in [0.15, 0.2) is 0 Å². The second-order valence-electron chi connectivity index (χ2n) is 6.16. The number of rotatable bonds is 1. The molecule has 7 unspecified atom stereocenters. The van der Waals surface area contributed by atoms with E-state index < -0.39 is 0 Å². The van der Waals surface area contributed by atoms with E-state index in [1.54, 1.807) is 19.3 Å². The molecule has 0 spiro atoms. The minimum absolute atomic E-state index is 0.639. The molecule has 1 nitrogen and oxygen atoms in total. The van der Waals surface area contributed by atoms with Crippen LogP contribution in [0.4, 0.5) is 0 Å². The minimum atomic E-state index is 0.639. The fraction of sp³-hybridized carbons (Fsp3) is 1.00. The van der Waals surface area contributed by atoms with Crippen molar-refractivity contribution < 1.29 is 4.74 Å². The largest absolute Gasteiger partial charge is 0.381 e. The molecule has 0 amide bonds. The summed E-state index contributed by atoms with van der Waals surface area (Å²) in [5.41, 5.74) is 0. The van der Waals surface area contributed by atoms with Crippen molar-refractivity contribution in [1.29, 1.82) is 0 Å². The van der Waals surface area contributed by atoms with Gasteiger partial charge in [-0.25, -0.2) is 0 Å². The van der Waals surface area contributed by atoms with Crippen molar-refractivity contribution in [2.24, 2.45) is 35.5 Å². The van der Waals surface area contributed by atoms with Crippen LogP contribution in [0.25, 0.3) is 0 Å². The average Bonchev–Trinajstić information content (AvgIpc) is 2.94. The van der Waals surface area contributed by atoms with E-state index in [0.29, 0.717) is 6.10 Å². The quantitative estimate of drug-likeness (QED) is 0.580. The van der Waals surface area contributed by atoms with Crippen LogP contribution in [-0.4, -0.2) is 13.2 Å². The molecular formula is C13H20O. The first-order valence-electron chi connectivity index (χ1n) is 6.41. The first-order chi connectivity index (χ1) is 6.88. The van der Waals surface area contributed by atoms with Gasteiger partial charge in [0.05, 0.1) is 6.10 Å². The summed E-state index contributed by atoms with van der Waals surface area (Å²) < 4.78 is 5.66. The van der Waals surface area contributed by atoms with Gasteiger partial charge in [0.25, 0.3) is 0 Å². The van der Waals surface area contributed by atoms with E-state index in [4.69, 9.17) is 4.74 Å². The molecule has 4 saturated carbocycles. The molecule has 4 aliphatic carbocycles. The van der Waals surface area contributed by atoms with E-state index in [0.717, 1.165) is 35.5 Å². The molecule has 1 heteroatoms. The normalized spacial score (nSPS) is 63.6. The van der Waals surface area contributed by atoms with Crippen LogP contribution in [0.2, 0.25) is 0 Å². The van der Waals surface area contributed by atoms with Gasteiger partial charge < -0.3 is 4.74 Å². The summed E-state index contributed by atoms with van der Waals surface area (Å²) in [6.45, 7) is 0. The zero-order valence-corrected chi connectivity index (χ0v) is 8.99. The van der Waals surface area contributed by atoms with Gasteiger partial charge in [-0.05, 0) is 67.6 Å². The van der Waals surface area contributed by atoms with Gasteiger partial charge in [0.1, 0.15) is 0 Å². The van der Waals surface area contributed by atoms with Crippen LogP contribution in [0.15, 0.2) is 0 Å². The highest BCUT2D eigenvalue weighted by Crippen LogP contribution is 2.67. The van der Waals surface area contributed by atoms with Gasteiger partial charge in [-0.2, -0.15) is 0 Å². The van der Waals surface area contributed by atoms with Crippen molar-refractivity contribution in [2.45, 2.75) is 38.2 Å². The maximum absolute atomic E-state index is 5.66. The van der Waals surface area contributed by atoms with Gasteiger partial charge in [0, 0.05) is 7.11 Å². The summed E-state index contributed by atoms with van der Waals surface area (Å²) >= 11 is 0. The molecule has 14 heavy (non-hydrogen) atoms.